The standard InChI is InChI=1S/C15H18BrN5O/c1-3-11-13-14(16)19-21(15(13)18-9-17-11)10-6-5-7-20(8-10)12(22)4-2/h4,9-10H,2-3,5-8H2,1H3/t10-/m1/s1. The van der Waals surface area contributed by atoms with Gasteiger partial charge in [0, 0.05) is 13.1 Å². The van der Waals surface area contributed by atoms with Crippen molar-refractivity contribution in [2.75, 3.05) is 13.1 Å². The molecule has 0 aromatic carbocycles. The number of likely N-dealkylation sites (tertiary alicyclic amines) is 1. The first-order chi connectivity index (χ1) is 10.7. The SMILES string of the molecule is C=CC(=O)N1CCC[C@@H](n2nc(Br)c3c(CC)ncnc32)C1. The summed E-state index contributed by atoms with van der Waals surface area (Å²) in [5.41, 5.74) is 1.81. The number of carbonyl (C=O) groups is 1. The van der Waals surface area contributed by atoms with Gasteiger partial charge in [0.1, 0.15) is 10.9 Å². The Labute approximate surface area is 137 Å². The number of rotatable bonds is 3. The predicted molar refractivity (Wildman–Crippen MR) is 87.4 cm³/mol. The molecule has 1 aliphatic rings. The van der Waals surface area contributed by atoms with Crippen LogP contribution in [0.15, 0.2) is 23.6 Å². The molecule has 0 spiro atoms. The molecule has 1 fully saturated rings. The van der Waals surface area contributed by atoms with Crippen LogP contribution in [0, 0.1) is 0 Å². The summed E-state index contributed by atoms with van der Waals surface area (Å²) >= 11 is 3.53. The molecule has 0 N–H and O–H groups in total. The van der Waals surface area contributed by atoms with Crippen LogP contribution < -0.4 is 0 Å². The van der Waals surface area contributed by atoms with Crippen LogP contribution in [0.1, 0.15) is 31.5 Å². The molecule has 7 heteroatoms. The number of hydrogen-bond acceptors (Lipinski definition) is 4. The van der Waals surface area contributed by atoms with Gasteiger partial charge in [-0.2, -0.15) is 5.10 Å². The van der Waals surface area contributed by atoms with Gasteiger partial charge in [-0.25, -0.2) is 14.6 Å². The number of carbonyl (C=O) groups excluding carboxylic acids is 1. The monoisotopic (exact) mass is 363 g/mol. The van der Waals surface area contributed by atoms with Crippen LogP contribution in [0.2, 0.25) is 0 Å². The highest BCUT2D eigenvalue weighted by Gasteiger charge is 2.27. The second-order valence-electron chi connectivity index (χ2n) is 5.39. The van der Waals surface area contributed by atoms with Crippen molar-refractivity contribution >= 4 is 32.9 Å². The number of fused-ring (bicyclic) bond motifs is 1. The predicted octanol–water partition coefficient (Wildman–Crippen LogP) is 2.50. The summed E-state index contributed by atoms with van der Waals surface area (Å²) in [6.45, 7) is 7.05. The van der Waals surface area contributed by atoms with Gasteiger partial charge in [-0.15, -0.1) is 0 Å². The summed E-state index contributed by atoms with van der Waals surface area (Å²) in [5, 5.41) is 5.58. The molecule has 1 amide bonds. The normalized spacial score (nSPS) is 18.6. The van der Waals surface area contributed by atoms with Crippen molar-refractivity contribution in [3.8, 4) is 0 Å². The van der Waals surface area contributed by atoms with Crippen LogP contribution in [-0.4, -0.2) is 43.6 Å². The fourth-order valence-electron chi connectivity index (χ4n) is 2.99. The van der Waals surface area contributed by atoms with Gasteiger partial charge in [0.2, 0.25) is 5.91 Å². The van der Waals surface area contributed by atoms with Crippen LogP contribution in [0.5, 0.6) is 0 Å². The van der Waals surface area contributed by atoms with Gasteiger partial charge in [0.15, 0.2) is 5.65 Å². The van der Waals surface area contributed by atoms with Crippen molar-refractivity contribution < 1.29 is 4.79 Å². The number of amides is 1. The minimum atomic E-state index is -0.0240. The topological polar surface area (TPSA) is 63.9 Å². The molecule has 0 aliphatic carbocycles. The maximum absolute atomic E-state index is 11.9. The van der Waals surface area contributed by atoms with E-state index in [1.54, 1.807) is 6.33 Å². The Hall–Kier alpha value is -1.76. The van der Waals surface area contributed by atoms with E-state index in [1.165, 1.54) is 6.08 Å². The quantitative estimate of drug-likeness (QED) is 0.785. The molecule has 3 rings (SSSR count). The number of aromatic nitrogens is 4. The Morgan fingerprint density at radius 1 is 1.55 bits per heavy atom. The summed E-state index contributed by atoms with van der Waals surface area (Å²) in [6.07, 6.45) is 5.72. The van der Waals surface area contributed by atoms with Crippen molar-refractivity contribution in [2.45, 2.75) is 32.2 Å². The van der Waals surface area contributed by atoms with Gasteiger partial charge in [-0.3, -0.25) is 4.79 Å². The molecular formula is C15H18BrN5O. The zero-order valence-corrected chi connectivity index (χ0v) is 14.1. The minimum absolute atomic E-state index is 0.0240. The molecule has 22 heavy (non-hydrogen) atoms. The van der Waals surface area contributed by atoms with E-state index < -0.39 is 0 Å². The molecule has 0 unspecified atom stereocenters. The Morgan fingerprint density at radius 3 is 3.09 bits per heavy atom. The van der Waals surface area contributed by atoms with Crippen molar-refractivity contribution in [3.63, 3.8) is 0 Å². The third kappa shape index (κ3) is 2.54. The summed E-state index contributed by atoms with van der Waals surface area (Å²) in [7, 11) is 0. The Morgan fingerprint density at radius 2 is 2.36 bits per heavy atom. The van der Waals surface area contributed by atoms with Crippen LogP contribution in [0.4, 0.5) is 0 Å². The average Bonchev–Trinajstić information content (AvgIpc) is 2.91. The van der Waals surface area contributed by atoms with Crippen LogP contribution >= 0.6 is 15.9 Å². The lowest BCUT2D eigenvalue weighted by Crippen LogP contribution is -2.40. The first-order valence-corrected chi connectivity index (χ1v) is 8.24. The van der Waals surface area contributed by atoms with Crippen LogP contribution in [-0.2, 0) is 11.2 Å². The number of piperidine rings is 1. The summed E-state index contributed by atoms with van der Waals surface area (Å²) < 4.78 is 2.70. The second-order valence-corrected chi connectivity index (χ2v) is 6.14. The highest BCUT2D eigenvalue weighted by Crippen LogP contribution is 2.30. The van der Waals surface area contributed by atoms with E-state index in [2.05, 4.69) is 44.5 Å². The molecule has 0 radical (unpaired) electrons. The van der Waals surface area contributed by atoms with Gasteiger partial charge in [-0.05, 0) is 41.3 Å². The number of aryl methyl sites for hydroxylation is 1. The van der Waals surface area contributed by atoms with Gasteiger partial charge < -0.3 is 4.90 Å². The molecule has 0 saturated carbocycles. The highest BCUT2D eigenvalue weighted by atomic mass is 79.9. The zero-order chi connectivity index (χ0) is 15.7. The van der Waals surface area contributed by atoms with E-state index in [-0.39, 0.29) is 11.9 Å². The van der Waals surface area contributed by atoms with E-state index in [9.17, 15) is 4.79 Å². The van der Waals surface area contributed by atoms with E-state index in [0.717, 1.165) is 47.1 Å². The number of hydrogen-bond donors (Lipinski definition) is 0. The molecule has 2 aromatic rings. The van der Waals surface area contributed by atoms with E-state index in [1.807, 2.05) is 9.58 Å². The lowest BCUT2D eigenvalue weighted by atomic mass is 10.1. The molecule has 6 nitrogen and oxygen atoms in total. The van der Waals surface area contributed by atoms with Gasteiger partial charge in [0.25, 0.3) is 0 Å². The second kappa shape index (κ2) is 6.16. The fraction of sp³-hybridized carbons (Fsp3) is 0.467. The molecule has 1 saturated heterocycles. The minimum Gasteiger partial charge on any atom is -0.337 e. The highest BCUT2D eigenvalue weighted by molar-refractivity contribution is 9.10. The zero-order valence-electron chi connectivity index (χ0n) is 12.5. The fourth-order valence-corrected chi connectivity index (χ4v) is 3.57. The van der Waals surface area contributed by atoms with Crippen molar-refractivity contribution in [3.05, 3.63) is 29.3 Å². The first kappa shape index (κ1) is 15.1. The maximum Gasteiger partial charge on any atom is 0.246 e. The molecule has 1 aliphatic heterocycles. The molecule has 2 aromatic heterocycles. The first-order valence-electron chi connectivity index (χ1n) is 7.44. The third-order valence-electron chi connectivity index (χ3n) is 4.09. The molecule has 116 valence electrons. The van der Waals surface area contributed by atoms with E-state index in [4.69, 9.17) is 0 Å². The largest absolute Gasteiger partial charge is 0.337 e. The maximum atomic E-state index is 11.9. The van der Waals surface area contributed by atoms with Crippen molar-refractivity contribution in [1.82, 2.24) is 24.6 Å². The summed E-state index contributed by atoms with van der Waals surface area (Å²) in [5.74, 6) is -0.0240. The Bertz CT molecular complexity index is 726. The Balaban J connectivity index is 2.00. The number of nitrogens with zero attached hydrogens (tertiary/aromatic N) is 5. The van der Waals surface area contributed by atoms with Crippen LogP contribution in [0.25, 0.3) is 11.0 Å². The summed E-state index contributed by atoms with van der Waals surface area (Å²) in [4.78, 5) is 22.4. The lowest BCUT2D eigenvalue weighted by molar-refractivity contribution is -0.127. The van der Waals surface area contributed by atoms with Crippen LogP contribution in [0.3, 0.4) is 0 Å². The van der Waals surface area contributed by atoms with E-state index >= 15 is 0 Å². The molecule has 0 bridgehead atoms. The van der Waals surface area contributed by atoms with Gasteiger partial charge in [-0.1, -0.05) is 13.5 Å². The van der Waals surface area contributed by atoms with Crippen molar-refractivity contribution in [2.24, 2.45) is 0 Å². The smallest absolute Gasteiger partial charge is 0.246 e. The number of halogens is 1. The average molecular weight is 364 g/mol. The van der Waals surface area contributed by atoms with Crippen molar-refractivity contribution in [1.29, 1.82) is 0 Å². The lowest BCUT2D eigenvalue weighted by Gasteiger charge is -2.32. The third-order valence-corrected chi connectivity index (χ3v) is 4.64. The van der Waals surface area contributed by atoms with Gasteiger partial charge in [0.05, 0.1) is 17.1 Å². The molecular weight excluding hydrogens is 346 g/mol. The van der Waals surface area contributed by atoms with Gasteiger partial charge >= 0.3 is 0 Å². The summed E-state index contributed by atoms with van der Waals surface area (Å²) in [6, 6.07) is 0.131. The molecule has 3 heterocycles. The molecule has 1 atom stereocenters. The van der Waals surface area contributed by atoms with E-state index in [0.29, 0.717) is 6.54 Å². The Kier molecular flexibility index (Phi) is 4.24.